The number of hydrogen-bond donors (Lipinski definition) is 1. The Kier molecular flexibility index (Phi) is 5.09. The molecule has 0 atom stereocenters. The van der Waals surface area contributed by atoms with E-state index in [9.17, 15) is 13.2 Å². The summed E-state index contributed by atoms with van der Waals surface area (Å²) in [5.74, 6) is 0.449. The lowest BCUT2D eigenvalue weighted by Gasteiger charge is -2.12. The van der Waals surface area contributed by atoms with Crippen molar-refractivity contribution in [3.05, 3.63) is 65.0 Å². The average molecular weight is 504 g/mol. The van der Waals surface area contributed by atoms with E-state index in [1.54, 1.807) is 23.1 Å². The third kappa shape index (κ3) is 3.71. The van der Waals surface area contributed by atoms with Gasteiger partial charge in [0.15, 0.2) is 0 Å². The number of aryl methyl sites for hydroxylation is 2. The lowest BCUT2D eigenvalue weighted by Crippen LogP contribution is -2.25. The van der Waals surface area contributed by atoms with Gasteiger partial charge in [0.05, 0.1) is 22.3 Å². The second-order valence-electron chi connectivity index (χ2n) is 9.32. The van der Waals surface area contributed by atoms with Crippen molar-refractivity contribution in [3.8, 4) is 16.8 Å². The molecule has 0 saturated heterocycles. The lowest BCUT2D eigenvalue weighted by atomic mass is 10.1. The summed E-state index contributed by atoms with van der Waals surface area (Å²) in [6, 6.07) is 9.09. The summed E-state index contributed by atoms with van der Waals surface area (Å²) in [5, 5.41) is 9.88. The molecule has 1 aliphatic rings. The molecular formula is C25H25N7O3S. The molecule has 1 N–H and O–H groups in total. The number of hydrogen-bond acceptors (Lipinski definition) is 6. The second-order valence-corrected chi connectivity index (χ2v) is 11.2. The molecule has 4 aromatic heterocycles. The smallest absolute Gasteiger partial charge is 0.281 e. The highest BCUT2D eigenvalue weighted by Crippen LogP contribution is 2.36. The van der Waals surface area contributed by atoms with E-state index in [-0.39, 0.29) is 16.0 Å². The first-order chi connectivity index (χ1) is 17.2. The topological polar surface area (TPSA) is 117 Å². The molecule has 4 heterocycles. The van der Waals surface area contributed by atoms with Gasteiger partial charge in [-0.25, -0.2) is 13.1 Å². The van der Waals surface area contributed by atoms with Gasteiger partial charge in [0.2, 0.25) is 10.0 Å². The molecule has 1 fully saturated rings. The third-order valence-electron chi connectivity index (χ3n) is 6.62. The lowest BCUT2D eigenvalue weighted by molar-refractivity contribution is 0.587. The Labute approximate surface area is 207 Å². The van der Waals surface area contributed by atoms with Gasteiger partial charge in [0, 0.05) is 48.8 Å². The van der Waals surface area contributed by atoms with E-state index in [1.165, 1.54) is 11.7 Å². The van der Waals surface area contributed by atoms with Crippen LogP contribution in [0.2, 0.25) is 0 Å². The van der Waals surface area contributed by atoms with E-state index < -0.39 is 10.0 Å². The van der Waals surface area contributed by atoms with Crippen LogP contribution in [-0.4, -0.2) is 44.6 Å². The van der Waals surface area contributed by atoms with Crippen LogP contribution in [0.5, 0.6) is 0 Å². The van der Waals surface area contributed by atoms with Crippen LogP contribution in [0.4, 0.5) is 0 Å². The summed E-state index contributed by atoms with van der Waals surface area (Å²) >= 11 is 0. The summed E-state index contributed by atoms with van der Waals surface area (Å²) in [5.41, 5.74) is 3.50. The van der Waals surface area contributed by atoms with Gasteiger partial charge in [-0.1, -0.05) is 6.07 Å². The standard InChI is InChI=1S/C25H25N7O3S/c1-15-4-7-17(11-27-15)22-24-23(21(36(34,35)26-2)14-31(24)12-16-5-6-16)29-32(25(22)33)19-8-9-20-18(10-19)13-30(3)28-20/h4,7-11,13-14,16,26H,5-6,12H2,1-3H3. The average Bonchev–Trinajstić information content (AvgIpc) is 3.48. The molecule has 0 aliphatic heterocycles. The van der Waals surface area contributed by atoms with Gasteiger partial charge >= 0.3 is 0 Å². The summed E-state index contributed by atoms with van der Waals surface area (Å²) in [6.45, 7) is 2.50. The quantitative estimate of drug-likeness (QED) is 0.381. The molecule has 0 amide bonds. The Hall–Kier alpha value is -3.83. The highest BCUT2D eigenvalue weighted by molar-refractivity contribution is 7.89. The summed E-state index contributed by atoms with van der Waals surface area (Å²) in [4.78, 5) is 18.5. The van der Waals surface area contributed by atoms with Crippen LogP contribution in [0.1, 0.15) is 18.5 Å². The molecule has 5 aromatic rings. The zero-order valence-corrected chi connectivity index (χ0v) is 21.0. The maximum atomic E-state index is 14.1. The van der Waals surface area contributed by atoms with Crippen molar-refractivity contribution in [2.75, 3.05) is 7.05 Å². The van der Waals surface area contributed by atoms with Crippen LogP contribution in [0.25, 0.3) is 38.8 Å². The minimum Gasteiger partial charge on any atom is -0.344 e. The number of rotatable bonds is 6. The highest BCUT2D eigenvalue weighted by atomic mass is 32.2. The third-order valence-corrected chi connectivity index (χ3v) is 8.03. The van der Waals surface area contributed by atoms with E-state index in [0.29, 0.717) is 34.8 Å². The van der Waals surface area contributed by atoms with Crippen molar-refractivity contribution in [1.29, 1.82) is 0 Å². The second kappa shape index (κ2) is 8.10. The first kappa shape index (κ1) is 22.6. The van der Waals surface area contributed by atoms with Crippen LogP contribution in [0, 0.1) is 12.8 Å². The van der Waals surface area contributed by atoms with Gasteiger partial charge < -0.3 is 4.57 Å². The molecule has 184 valence electrons. The molecule has 1 aromatic carbocycles. The SMILES string of the molecule is CNS(=O)(=O)c1cn(CC2CC2)c2c(-c3ccc(C)nc3)c(=O)n(-c3ccc4nn(C)cc4c3)nc12. The maximum absolute atomic E-state index is 14.1. The fourth-order valence-electron chi connectivity index (χ4n) is 4.58. The predicted octanol–water partition coefficient (Wildman–Crippen LogP) is 2.76. The Morgan fingerprint density at radius 1 is 1.11 bits per heavy atom. The number of aromatic nitrogens is 6. The molecule has 10 nitrogen and oxygen atoms in total. The van der Waals surface area contributed by atoms with Crippen LogP contribution >= 0.6 is 0 Å². The minimum absolute atomic E-state index is 0.0400. The van der Waals surface area contributed by atoms with Crippen LogP contribution < -0.4 is 10.3 Å². The van der Waals surface area contributed by atoms with Crippen molar-refractivity contribution in [2.24, 2.45) is 13.0 Å². The summed E-state index contributed by atoms with van der Waals surface area (Å²) in [7, 11) is -0.645. The van der Waals surface area contributed by atoms with E-state index >= 15 is 0 Å². The Morgan fingerprint density at radius 2 is 1.92 bits per heavy atom. The van der Waals surface area contributed by atoms with Gasteiger partial charge in [0.1, 0.15) is 10.4 Å². The van der Waals surface area contributed by atoms with E-state index in [2.05, 4.69) is 19.9 Å². The minimum atomic E-state index is -3.85. The fraction of sp³-hybridized carbons (Fsp3) is 0.280. The van der Waals surface area contributed by atoms with Crippen molar-refractivity contribution >= 4 is 32.0 Å². The van der Waals surface area contributed by atoms with Crippen LogP contribution in [0.15, 0.2) is 58.6 Å². The van der Waals surface area contributed by atoms with Crippen LogP contribution in [-0.2, 0) is 23.6 Å². The van der Waals surface area contributed by atoms with Crippen molar-refractivity contribution in [3.63, 3.8) is 0 Å². The molecule has 1 saturated carbocycles. The molecule has 1 aliphatic carbocycles. The Morgan fingerprint density at radius 3 is 2.61 bits per heavy atom. The number of pyridine rings is 1. The summed E-state index contributed by atoms with van der Waals surface area (Å²) in [6.07, 6.45) is 7.26. The number of nitrogens with zero attached hydrogens (tertiary/aromatic N) is 6. The van der Waals surface area contributed by atoms with E-state index in [1.807, 2.05) is 49.0 Å². The van der Waals surface area contributed by atoms with Gasteiger partial charge in [-0.2, -0.15) is 14.9 Å². The number of nitrogens with one attached hydrogen (secondary N) is 1. The largest absolute Gasteiger partial charge is 0.344 e. The summed E-state index contributed by atoms with van der Waals surface area (Å²) < 4.78 is 33.4. The normalized spacial score (nSPS) is 14.2. The molecule has 0 radical (unpaired) electrons. The van der Waals surface area contributed by atoms with Crippen molar-refractivity contribution in [1.82, 2.24) is 33.8 Å². The van der Waals surface area contributed by atoms with Crippen molar-refractivity contribution < 1.29 is 8.42 Å². The Balaban J connectivity index is 1.72. The molecule has 36 heavy (non-hydrogen) atoms. The number of fused-ring (bicyclic) bond motifs is 2. The molecule has 6 rings (SSSR count). The predicted molar refractivity (Wildman–Crippen MR) is 137 cm³/mol. The van der Waals surface area contributed by atoms with Gasteiger partial charge in [0.25, 0.3) is 5.56 Å². The van der Waals surface area contributed by atoms with E-state index in [4.69, 9.17) is 0 Å². The molecule has 11 heteroatoms. The fourth-order valence-corrected chi connectivity index (χ4v) is 5.46. The Bertz CT molecular complexity index is 1810. The number of benzene rings is 1. The first-order valence-corrected chi connectivity index (χ1v) is 13.2. The molecular weight excluding hydrogens is 478 g/mol. The molecule has 0 spiro atoms. The van der Waals surface area contributed by atoms with Gasteiger partial charge in [-0.3, -0.25) is 14.5 Å². The van der Waals surface area contributed by atoms with E-state index in [0.717, 1.165) is 29.4 Å². The maximum Gasteiger partial charge on any atom is 0.281 e. The first-order valence-electron chi connectivity index (χ1n) is 11.7. The zero-order chi connectivity index (χ0) is 25.2. The van der Waals surface area contributed by atoms with Crippen LogP contribution in [0.3, 0.4) is 0 Å². The van der Waals surface area contributed by atoms with Gasteiger partial charge in [-0.05, 0) is 57.0 Å². The number of sulfonamides is 1. The van der Waals surface area contributed by atoms with Gasteiger partial charge in [-0.15, -0.1) is 0 Å². The van der Waals surface area contributed by atoms with Crippen molar-refractivity contribution in [2.45, 2.75) is 31.2 Å². The zero-order valence-electron chi connectivity index (χ0n) is 20.1. The monoisotopic (exact) mass is 503 g/mol. The highest BCUT2D eigenvalue weighted by Gasteiger charge is 2.30. The molecule has 0 bridgehead atoms. The molecule has 0 unspecified atom stereocenters.